The van der Waals surface area contributed by atoms with E-state index in [-0.39, 0.29) is 6.54 Å². The van der Waals surface area contributed by atoms with E-state index in [0.717, 1.165) is 6.54 Å². The second-order valence-electron chi connectivity index (χ2n) is 5.32. The molecular weight excluding hydrogens is 247 g/mol. The normalized spacial score (nSPS) is 25.7. The van der Waals surface area contributed by atoms with Crippen molar-refractivity contribution < 1.29 is 18.0 Å². The molecule has 1 heterocycles. The molecule has 18 heavy (non-hydrogen) atoms. The van der Waals surface area contributed by atoms with Crippen LogP contribution in [0.25, 0.3) is 0 Å². The van der Waals surface area contributed by atoms with Gasteiger partial charge >= 0.3 is 12.1 Å². The fourth-order valence-electron chi connectivity index (χ4n) is 2.26. The molecule has 1 saturated heterocycles. The van der Waals surface area contributed by atoms with Gasteiger partial charge in [0.05, 0.1) is 5.54 Å². The van der Waals surface area contributed by atoms with Gasteiger partial charge in [-0.3, -0.25) is 4.79 Å². The third kappa shape index (κ3) is 3.84. The molecule has 0 aromatic rings. The van der Waals surface area contributed by atoms with Crippen molar-refractivity contribution in [3.05, 3.63) is 0 Å². The highest BCUT2D eigenvalue weighted by Crippen LogP contribution is 2.24. The molecule has 1 fully saturated rings. The van der Waals surface area contributed by atoms with Crippen LogP contribution in [-0.4, -0.2) is 48.7 Å². The summed E-state index contributed by atoms with van der Waals surface area (Å²) >= 11 is 0. The smallest absolute Gasteiger partial charge is 0.340 e. The van der Waals surface area contributed by atoms with Crippen molar-refractivity contribution in [2.45, 2.75) is 32.0 Å². The molecule has 4 nitrogen and oxygen atoms in total. The maximum absolute atomic E-state index is 12.2. The Bertz CT molecular complexity index is 306. The number of amides is 1. The highest BCUT2D eigenvalue weighted by molar-refractivity contribution is 5.82. The van der Waals surface area contributed by atoms with Gasteiger partial charge in [-0.25, -0.2) is 0 Å². The zero-order valence-corrected chi connectivity index (χ0v) is 10.7. The summed E-state index contributed by atoms with van der Waals surface area (Å²) < 4.78 is 36.7. The number of halogens is 3. The first-order chi connectivity index (χ1) is 8.18. The van der Waals surface area contributed by atoms with Crippen molar-refractivity contribution in [1.29, 1.82) is 0 Å². The maximum atomic E-state index is 12.2. The van der Waals surface area contributed by atoms with Crippen molar-refractivity contribution in [3.63, 3.8) is 0 Å². The van der Waals surface area contributed by atoms with Crippen molar-refractivity contribution in [3.8, 4) is 0 Å². The van der Waals surface area contributed by atoms with E-state index in [2.05, 4.69) is 5.32 Å². The molecule has 0 radical (unpaired) electrons. The highest BCUT2D eigenvalue weighted by atomic mass is 19.4. The summed E-state index contributed by atoms with van der Waals surface area (Å²) in [4.78, 5) is 13.0. The first-order valence-electron chi connectivity index (χ1n) is 6.00. The molecular formula is C11H20F3N3O. The summed E-state index contributed by atoms with van der Waals surface area (Å²) in [5.74, 6) is -1.48. The van der Waals surface area contributed by atoms with Crippen molar-refractivity contribution in [2.24, 2.45) is 11.7 Å². The van der Waals surface area contributed by atoms with Crippen LogP contribution in [0.2, 0.25) is 0 Å². The first-order valence-corrected chi connectivity index (χ1v) is 6.00. The maximum Gasteiger partial charge on any atom is 0.471 e. The number of hydrogen-bond donors (Lipinski definition) is 2. The third-order valence-electron chi connectivity index (χ3n) is 3.08. The Kier molecular flexibility index (Phi) is 4.61. The second kappa shape index (κ2) is 5.44. The van der Waals surface area contributed by atoms with E-state index >= 15 is 0 Å². The van der Waals surface area contributed by atoms with Gasteiger partial charge in [-0.2, -0.15) is 13.2 Å². The predicted molar refractivity (Wildman–Crippen MR) is 61.9 cm³/mol. The van der Waals surface area contributed by atoms with Gasteiger partial charge in [0.25, 0.3) is 0 Å². The average molecular weight is 267 g/mol. The van der Waals surface area contributed by atoms with Crippen LogP contribution >= 0.6 is 0 Å². The second-order valence-corrected chi connectivity index (χ2v) is 5.32. The van der Waals surface area contributed by atoms with Crippen LogP contribution in [0.15, 0.2) is 0 Å². The number of nitrogens with one attached hydrogen (secondary N) is 1. The highest BCUT2D eigenvalue weighted by Gasteiger charge is 2.46. The number of carbonyl (C=O) groups is 1. The van der Waals surface area contributed by atoms with E-state index in [1.54, 1.807) is 0 Å². The van der Waals surface area contributed by atoms with E-state index < -0.39 is 17.6 Å². The Balaban J connectivity index is 2.63. The topological polar surface area (TPSA) is 58.4 Å². The molecule has 3 N–H and O–H groups in total. The fraction of sp³-hybridized carbons (Fsp3) is 0.909. The van der Waals surface area contributed by atoms with Crippen LogP contribution in [0.1, 0.15) is 20.3 Å². The molecule has 1 aliphatic rings. The molecule has 0 aliphatic carbocycles. The zero-order valence-electron chi connectivity index (χ0n) is 10.7. The largest absolute Gasteiger partial charge is 0.471 e. The summed E-state index contributed by atoms with van der Waals surface area (Å²) in [6.07, 6.45) is -4.40. The van der Waals surface area contributed by atoms with Gasteiger partial charge in [0.2, 0.25) is 0 Å². The minimum absolute atomic E-state index is 0.0173. The molecule has 0 bridgehead atoms. The molecule has 106 valence electrons. The van der Waals surface area contributed by atoms with Crippen LogP contribution in [-0.2, 0) is 4.79 Å². The van der Waals surface area contributed by atoms with Crippen LogP contribution in [0, 0.1) is 5.92 Å². The standard InChI is InChI=1S/C11H20F3N3O/c1-8(2)5-17-4-3-10(6-15,7-17)16-9(18)11(12,13)14/h8H,3-7,15H2,1-2H3,(H,16,18). The minimum atomic E-state index is -4.85. The Morgan fingerprint density at radius 3 is 2.56 bits per heavy atom. The van der Waals surface area contributed by atoms with Gasteiger partial charge < -0.3 is 16.0 Å². The van der Waals surface area contributed by atoms with Crippen molar-refractivity contribution in [1.82, 2.24) is 10.2 Å². The van der Waals surface area contributed by atoms with Crippen LogP contribution < -0.4 is 11.1 Å². The lowest BCUT2D eigenvalue weighted by Gasteiger charge is -2.30. The number of rotatable bonds is 4. The Morgan fingerprint density at radius 2 is 2.11 bits per heavy atom. The predicted octanol–water partition coefficient (Wildman–Crippen LogP) is 0.724. The zero-order chi connectivity index (χ0) is 14.0. The number of nitrogens with zero attached hydrogens (tertiary/aromatic N) is 1. The monoisotopic (exact) mass is 267 g/mol. The van der Waals surface area contributed by atoms with Crippen LogP contribution in [0.4, 0.5) is 13.2 Å². The lowest BCUT2D eigenvalue weighted by Crippen LogP contribution is -2.58. The lowest BCUT2D eigenvalue weighted by atomic mass is 9.99. The van der Waals surface area contributed by atoms with E-state index in [9.17, 15) is 18.0 Å². The van der Waals surface area contributed by atoms with Gasteiger partial charge in [-0.05, 0) is 12.3 Å². The van der Waals surface area contributed by atoms with E-state index in [0.29, 0.717) is 25.4 Å². The summed E-state index contributed by atoms with van der Waals surface area (Å²) in [6.45, 7) is 5.93. The Morgan fingerprint density at radius 1 is 1.50 bits per heavy atom. The fourth-order valence-corrected chi connectivity index (χ4v) is 2.26. The number of likely N-dealkylation sites (tertiary alicyclic amines) is 1. The number of carbonyl (C=O) groups excluding carboxylic acids is 1. The van der Waals surface area contributed by atoms with Crippen molar-refractivity contribution in [2.75, 3.05) is 26.2 Å². The van der Waals surface area contributed by atoms with Gasteiger partial charge in [0, 0.05) is 26.2 Å². The molecule has 1 unspecified atom stereocenters. The molecule has 1 aliphatic heterocycles. The summed E-state index contributed by atoms with van der Waals surface area (Å²) in [7, 11) is 0. The first kappa shape index (κ1) is 15.2. The summed E-state index contributed by atoms with van der Waals surface area (Å²) in [6, 6.07) is 0. The van der Waals surface area contributed by atoms with Crippen LogP contribution in [0.3, 0.4) is 0 Å². The van der Waals surface area contributed by atoms with Crippen molar-refractivity contribution >= 4 is 5.91 Å². The number of nitrogens with two attached hydrogens (primary N) is 1. The molecule has 1 atom stereocenters. The molecule has 0 aromatic heterocycles. The third-order valence-corrected chi connectivity index (χ3v) is 3.08. The molecule has 1 amide bonds. The number of alkyl halides is 3. The minimum Gasteiger partial charge on any atom is -0.340 e. The van der Waals surface area contributed by atoms with E-state index in [4.69, 9.17) is 5.73 Å². The summed E-state index contributed by atoms with van der Waals surface area (Å²) in [5, 5.41) is 2.05. The summed E-state index contributed by atoms with van der Waals surface area (Å²) in [5.41, 5.74) is 4.60. The van der Waals surface area contributed by atoms with E-state index in [1.807, 2.05) is 18.7 Å². The Hall–Kier alpha value is -0.820. The molecule has 0 saturated carbocycles. The molecule has 0 aromatic carbocycles. The number of hydrogen-bond acceptors (Lipinski definition) is 3. The van der Waals surface area contributed by atoms with Gasteiger partial charge in [0.15, 0.2) is 0 Å². The van der Waals surface area contributed by atoms with Gasteiger partial charge in [-0.1, -0.05) is 13.8 Å². The Labute approximate surface area is 105 Å². The SMILES string of the molecule is CC(C)CN1CCC(CN)(NC(=O)C(F)(F)F)C1. The quantitative estimate of drug-likeness (QED) is 0.789. The van der Waals surface area contributed by atoms with Gasteiger partial charge in [-0.15, -0.1) is 0 Å². The van der Waals surface area contributed by atoms with E-state index in [1.165, 1.54) is 0 Å². The van der Waals surface area contributed by atoms with Crippen LogP contribution in [0.5, 0.6) is 0 Å². The average Bonchev–Trinajstić information content (AvgIpc) is 2.60. The molecule has 0 spiro atoms. The molecule has 7 heteroatoms. The molecule has 1 rings (SSSR count). The van der Waals surface area contributed by atoms with Gasteiger partial charge in [0.1, 0.15) is 0 Å². The lowest BCUT2D eigenvalue weighted by molar-refractivity contribution is -0.175.